The number of rotatable bonds is 24. The lowest BCUT2D eigenvalue weighted by Crippen LogP contribution is -2.08. The second-order valence-electron chi connectivity index (χ2n) is 9.46. The average Bonchev–Trinajstić information content (AvgIpc) is 3.51. The molecule has 0 bridgehead atoms. The lowest BCUT2D eigenvalue weighted by atomic mass is 9.98. The van der Waals surface area contributed by atoms with Gasteiger partial charge in [-0.2, -0.15) is 4.31 Å². The Balaban J connectivity index is 1.72. The molecule has 0 amide bonds. The van der Waals surface area contributed by atoms with Crippen LogP contribution in [-0.4, -0.2) is 33.5 Å². The molecule has 0 aliphatic carbocycles. The summed E-state index contributed by atoms with van der Waals surface area (Å²) in [5, 5.41) is 0. The van der Waals surface area contributed by atoms with Gasteiger partial charge in [-0.05, 0) is 19.3 Å². The summed E-state index contributed by atoms with van der Waals surface area (Å²) in [5.41, 5.74) is 0.278. The second-order valence-corrected chi connectivity index (χ2v) is 12.3. The third-order valence-corrected chi connectivity index (χ3v) is 8.62. The molecule has 8 nitrogen and oxygen atoms in total. The minimum absolute atomic E-state index is 0.0528. The van der Waals surface area contributed by atoms with E-state index in [1.807, 2.05) is 0 Å². The monoisotopic (exact) mass is 514 g/mol. The summed E-state index contributed by atoms with van der Waals surface area (Å²) < 4.78 is 35.6. The highest BCUT2D eigenvalue weighted by Crippen LogP contribution is 2.57. The maximum absolute atomic E-state index is 11.3. The summed E-state index contributed by atoms with van der Waals surface area (Å²) in [5.74, 6) is 0. The van der Waals surface area contributed by atoms with Crippen LogP contribution in [-0.2, 0) is 22.7 Å². The third-order valence-electron chi connectivity index (χ3n) is 6.44. The summed E-state index contributed by atoms with van der Waals surface area (Å²) >= 11 is 0. The van der Waals surface area contributed by atoms with E-state index in [1.165, 1.54) is 96.3 Å². The molecule has 1 fully saturated rings. The van der Waals surface area contributed by atoms with Gasteiger partial charge >= 0.3 is 15.6 Å². The van der Waals surface area contributed by atoms with E-state index in [-0.39, 0.29) is 12.2 Å². The summed E-state index contributed by atoms with van der Waals surface area (Å²) in [6.07, 6.45) is 23.3. The molecular formula is C23H48O8P2. The average molecular weight is 515 g/mol. The number of hydrogen-bond donors (Lipinski definition) is 3. The molecule has 198 valence electrons. The Morgan fingerprint density at radius 3 is 1.39 bits per heavy atom. The molecule has 1 rings (SSSR count). The molecule has 0 saturated carbocycles. The zero-order chi connectivity index (χ0) is 24.5. The highest BCUT2D eigenvalue weighted by atomic mass is 31.3. The highest BCUT2D eigenvalue weighted by Gasteiger charge is 2.41. The van der Waals surface area contributed by atoms with Crippen LogP contribution in [0.25, 0.3) is 0 Å². The summed E-state index contributed by atoms with van der Waals surface area (Å²) in [6, 6.07) is 0. The Morgan fingerprint density at radius 1 is 0.697 bits per heavy atom. The van der Waals surface area contributed by atoms with Crippen molar-refractivity contribution in [1.29, 1.82) is 0 Å². The van der Waals surface area contributed by atoms with E-state index in [4.69, 9.17) is 19.4 Å². The third kappa shape index (κ3) is 19.1. The van der Waals surface area contributed by atoms with Gasteiger partial charge in [-0.3, -0.25) is 4.52 Å². The van der Waals surface area contributed by atoms with Crippen LogP contribution in [0.5, 0.6) is 0 Å². The maximum Gasteiger partial charge on any atom is 0.481 e. The first kappa shape index (κ1) is 31.3. The molecule has 0 spiro atoms. The molecule has 10 heteroatoms. The molecule has 2 unspecified atom stereocenters. The van der Waals surface area contributed by atoms with Crippen molar-refractivity contribution in [2.75, 3.05) is 13.2 Å². The van der Waals surface area contributed by atoms with Gasteiger partial charge in [0.25, 0.3) is 0 Å². The predicted octanol–water partition coefficient (Wildman–Crippen LogP) is 7.41. The highest BCUT2D eigenvalue weighted by molar-refractivity contribution is 7.60. The number of epoxide rings is 1. The van der Waals surface area contributed by atoms with Gasteiger partial charge in [-0.1, -0.05) is 110 Å². The van der Waals surface area contributed by atoms with Gasteiger partial charge in [0.1, 0.15) is 0 Å². The van der Waals surface area contributed by atoms with Crippen LogP contribution >= 0.6 is 15.6 Å². The first-order valence-electron chi connectivity index (χ1n) is 13.1. The van der Waals surface area contributed by atoms with Crippen molar-refractivity contribution < 1.29 is 37.4 Å². The van der Waals surface area contributed by atoms with Crippen molar-refractivity contribution >= 4 is 15.6 Å². The standard InChI is InChI=1S/C23H48O8P2/c1-2-23(22-29-23)20-18-16-14-12-10-8-6-4-3-5-7-9-11-13-15-17-19-21-30-33(27,28)31-32(24,25)26/h2-22H2,1H3,(H,27,28)(H2,24,25,26). The van der Waals surface area contributed by atoms with Crippen molar-refractivity contribution in [3.8, 4) is 0 Å². The number of phosphoric acid groups is 2. The molecule has 33 heavy (non-hydrogen) atoms. The molecule has 0 aromatic carbocycles. The fourth-order valence-electron chi connectivity index (χ4n) is 4.17. The van der Waals surface area contributed by atoms with Crippen LogP contribution in [0.4, 0.5) is 0 Å². The summed E-state index contributed by atoms with van der Waals surface area (Å²) in [6.45, 7) is 3.17. The largest absolute Gasteiger partial charge is 0.481 e. The number of ether oxygens (including phenoxy) is 1. The smallest absolute Gasteiger partial charge is 0.370 e. The van der Waals surface area contributed by atoms with E-state index in [0.29, 0.717) is 6.42 Å². The van der Waals surface area contributed by atoms with Crippen LogP contribution in [0.2, 0.25) is 0 Å². The van der Waals surface area contributed by atoms with Crippen LogP contribution in [0.15, 0.2) is 0 Å². The first-order valence-corrected chi connectivity index (χ1v) is 16.1. The Hall–Kier alpha value is 0.220. The summed E-state index contributed by atoms with van der Waals surface area (Å²) in [4.78, 5) is 26.2. The van der Waals surface area contributed by atoms with E-state index < -0.39 is 15.6 Å². The SMILES string of the molecule is CCC1(CCCCCCCCCCCCCCCCCCCOP(=O)(O)OP(=O)(O)O)CO1. The van der Waals surface area contributed by atoms with Gasteiger partial charge in [-0.15, -0.1) is 0 Å². The van der Waals surface area contributed by atoms with Crippen LogP contribution in [0.1, 0.15) is 129 Å². The predicted molar refractivity (Wildman–Crippen MR) is 131 cm³/mol. The molecule has 0 radical (unpaired) electrons. The minimum Gasteiger partial charge on any atom is -0.370 e. The van der Waals surface area contributed by atoms with E-state index in [9.17, 15) is 9.13 Å². The molecular weight excluding hydrogens is 466 g/mol. The van der Waals surface area contributed by atoms with Gasteiger partial charge in [0.15, 0.2) is 0 Å². The molecule has 1 aliphatic heterocycles. The Morgan fingerprint density at radius 2 is 1.06 bits per heavy atom. The van der Waals surface area contributed by atoms with Crippen LogP contribution in [0.3, 0.4) is 0 Å². The molecule has 0 aromatic heterocycles. The van der Waals surface area contributed by atoms with Gasteiger partial charge in [-0.25, -0.2) is 9.13 Å². The zero-order valence-corrected chi connectivity index (χ0v) is 22.4. The topological polar surface area (TPSA) is 126 Å². The summed E-state index contributed by atoms with van der Waals surface area (Å²) in [7, 11) is -9.71. The van der Waals surface area contributed by atoms with E-state index in [0.717, 1.165) is 25.9 Å². The van der Waals surface area contributed by atoms with Crippen molar-refractivity contribution in [3.63, 3.8) is 0 Å². The lowest BCUT2D eigenvalue weighted by molar-refractivity contribution is 0.175. The number of unbranched alkanes of at least 4 members (excludes halogenated alkanes) is 16. The molecule has 1 aliphatic rings. The van der Waals surface area contributed by atoms with Crippen molar-refractivity contribution in [1.82, 2.24) is 0 Å². The second kappa shape index (κ2) is 17.6. The van der Waals surface area contributed by atoms with Crippen molar-refractivity contribution in [2.24, 2.45) is 0 Å². The van der Waals surface area contributed by atoms with Crippen molar-refractivity contribution in [3.05, 3.63) is 0 Å². The fourth-order valence-corrected chi connectivity index (χ4v) is 5.79. The fraction of sp³-hybridized carbons (Fsp3) is 1.00. The van der Waals surface area contributed by atoms with E-state index in [2.05, 4.69) is 15.8 Å². The van der Waals surface area contributed by atoms with Crippen LogP contribution < -0.4 is 0 Å². The minimum atomic E-state index is -5.03. The Bertz CT molecular complexity index is 577. The molecule has 0 aromatic rings. The van der Waals surface area contributed by atoms with Gasteiger partial charge in [0, 0.05) is 0 Å². The number of phosphoric ester groups is 1. The van der Waals surface area contributed by atoms with Gasteiger partial charge in [0.2, 0.25) is 0 Å². The molecule has 1 heterocycles. The Kier molecular flexibility index (Phi) is 16.7. The van der Waals surface area contributed by atoms with Crippen LogP contribution in [0, 0.1) is 0 Å². The first-order chi connectivity index (χ1) is 15.7. The quantitative estimate of drug-likeness (QED) is 0.0690. The van der Waals surface area contributed by atoms with E-state index >= 15 is 0 Å². The van der Waals surface area contributed by atoms with E-state index in [1.54, 1.807) is 0 Å². The zero-order valence-electron chi connectivity index (χ0n) is 20.6. The number of hydrogen-bond acceptors (Lipinski definition) is 5. The molecule has 3 N–H and O–H groups in total. The van der Waals surface area contributed by atoms with Crippen molar-refractivity contribution in [2.45, 2.75) is 135 Å². The lowest BCUT2D eigenvalue weighted by Gasteiger charge is -2.12. The maximum atomic E-state index is 11.3. The normalized spacial score (nSPS) is 20.1. The molecule has 1 saturated heterocycles. The van der Waals surface area contributed by atoms with Gasteiger partial charge in [0.05, 0.1) is 18.8 Å². The molecule has 2 atom stereocenters. The van der Waals surface area contributed by atoms with Gasteiger partial charge < -0.3 is 19.4 Å². The Labute approximate surface area is 201 Å².